The highest BCUT2D eigenvalue weighted by atomic mass is 79.9. The van der Waals surface area contributed by atoms with Gasteiger partial charge in [0.1, 0.15) is 0 Å². The third kappa shape index (κ3) is 2.00. The standard InChI is InChI=1S/C8H8BrF3N2/c1-5-6(3-4-9)7(8(10,11)12)13-14(5)2/h3-4H,1-2H3/b4-3+. The van der Waals surface area contributed by atoms with Crippen LogP contribution in [0.25, 0.3) is 6.08 Å². The lowest BCUT2D eigenvalue weighted by atomic mass is 10.2. The molecule has 0 saturated heterocycles. The van der Waals surface area contributed by atoms with Gasteiger partial charge in [0, 0.05) is 18.3 Å². The average molecular weight is 269 g/mol. The Morgan fingerprint density at radius 3 is 2.43 bits per heavy atom. The van der Waals surface area contributed by atoms with Gasteiger partial charge in [0.2, 0.25) is 0 Å². The van der Waals surface area contributed by atoms with Crippen molar-refractivity contribution in [1.82, 2.24) is 9.78 Å². The second-order valence-electron chi connectivity index (χ2n) is 2.76. The summed E-state index contributed by atoms with van der Waals surface area (Å²) in [5.74, 6) is 0. The minimum absolute atomic E-state index is 0.0943. The molecule has 0 saturated carbocycles. The van der Waals surface area contributed by atoms with Gasteiger partial charge >= 0.3 is 6.18 Å². The third-order valence-electron chi connectivity index (χ3n) is 1.88. The minimum Gasteiger partial charge on any atom is -0.272 e. The molecule has 0 atom stereocenters. The predicted octanol–water partition coefficient (Wildman–Crippen LogP) is 3.11. The van der Waals surface area contributed by atoms with Crippen LogP contribution < -0.4 is 0 Å². The monoisotopic (exact) mass is 268 g/mol. The number of hydrogen-bond donors (Lipinski definition) is 0. The number of aromatic nitrogens is 2. The number of halogens is 4. The number of nitrogens with zero attached hydrogens (tertiary/aromatic N) is 2. The molecular weight excluding hydrogens is 261 g/mol. The van der Waals surface area contributed by atoms with Crippen LogP contribution in [0.15, 0.2) is 4.99 Å². The topological polar surface area (TPSA) is 17.8 Å². The summed E-state index contributed by atoms with van der Waals surface area (Å²) in [5.41, 5.74) is -0.280. The molecule has 0 bridgehead atoms. The molecule has 6 heteroatoms. The maximum Gasteiger partial charge on any atom is 0.435 e. The van der Waals surface area contributed by atoms with Crippen LogP contribution in [-0.2, 0) is 13.2 Å². The average Bonchev–Trinajstić information content (AvgIpc) is 2.32. The molecule has 14 heavy (non-hydrogen) atoms. The summed E-state index contributed by atoms with van der Waals surface area (Å²) < 4.78 is 38.5. The highest BCUT2D eigenvalue weighted by Crippen LogP contribution is 2.32. The summed E-state index contributed by atoms with van der Waals surface area (Å²) >= 11 is 2.95. The van der Waals surface area contributed by atoms with Crippen molar-refractivity contribution in [2.75, 3.05) is 0 Å². The highest BCUT2D eigenvalue weighted by Gasteiger charge is 2.37. The van der Waals surface area contributed by atoms with Gasteiger partial charge in [0.15, 0.2) is 5.69 Å². The van der Waals surface area contributed by atoms with Gasteiger partial charge in [0.25, 0.3) is 0 Å². The second kappa shape index (κ2) is 3.76. The first kappa shape index (κ1) is 11.3. The Hall–Kier alpha value is -0.780. The molecular formula is C8H8BrF3N2. The molecule has 2 nitrogen and oxygen atoms in total. The van der Waals surface area contributed by atoms with Crippen molar-refractivity contribution in [3.05, 3.63) is 21.9 Å². The van der Waals surface area contributed by atoms with Crippen LogP contribution in [0.3, 0.4) is 0 Å². The van der Waals surface area contributed by atoms with Crippen molar-refractivity contribution in [3.63, 3.8) is 0 Å². The highest BCUT2D eigenvalue weighted by molar-refractivity contribution is 9.11. The van der Waals surface area contributed by atoms with Crippen molar-refractivity contribution >= 4 is 22.0 Å². The van der Waals surface area contributed by atoms with E-state index < -0.39 is 11.9 Å². The molecule has 0 aliphatic heterocycles. The van der Waals surface area contributed by atoms with Gasteiger partial charge in [-0.15, -0.1) is 0 Å². The number of hydrogen-bond acceptors (Lipinski definition) is 1. The third-order valence-corrected chi connectivity index (χ3v) is 2.14. The fraction of sp³-hybridized carbons (Fsp3) is 0.375. The Morgan fingerprint density at radius 1 is 1.43 bits per heavy atom. The lowest BCUT2D eigenvalue weighted by Gasteiger charge is -2.02. The van der Waals surface area contributed by atoms with Crippen molar-refractivity contribution in [1.29, 1.82) is 0 Å². The van der Waals surface area contributed by atoms with E-state index in [1.165, 1.54) is 22.8 Å². The molecule has 0 N–H and O–H groups in total. The molecule has 0 aromatic carbocycles. The summed E-state index contributed by atoms with van der Waals surface area (Å²) in [6.07, 6.45) is -3.07. The van der Waals surface area contributed by atoms with E-state index in [1.54, 1.807) is 6.92 Å². The fourth-order valence-corrected chi connectivity index (χ4v) is 1.36. The summed E-state index contributed by atoms with van der Waals surface area (Å²) in [6.45, 7) is 1.59. The largest absolute Gasteiger partial charge is 0.435 e. The minimum atomic E-state index is -4.41. The van der Waals surface area contributed by atoms with E-state index in [4.69, 9.17) is 0 Å². The molecule has 0 aliphatic carbocycles. The van der Waals surface area contributed by atoms with Crippen LogP contribution in [0.1, 0.15) is 17.0 Å². The van der Waals surface area contributed by atoms with Gasteiger partial charge in [0.05, 0.1) is 0 Å². The van der Waals surface area contributed by atoms with Crippen LogP contribution >= 0.6 is 15.9 Å². The SMILES string of the molecule is Cc1c(/C=C/Br)c(C(F)(F)F)nn1C. The van der Waals surface area contributed by atoms with Crippen LogP contribution in [0, 0.1) is 6.92 Å². The van der Waals surface area contributed by atoms with Gasteiger partial charge in [-0.1, -0.05) is 15.9 Å². The number of rotatable bonds is 1. The van der Waals surface area contributed by atoms with Gasteiger partial charge in [-0.05, 0) is 18.0 Å². The fourth-order valence-electron chi connectivity index (χ4n) is 1.10. The van der Waals surface area contributed by atoms with Crippen LogP contribution in [-0.4, -0.2) is 9.78 Å². The molecule has 0 spiro atoms. The molecule has 78 valence electrons. The van der Waals surface area contributed by atoms with Crippen LogP contribution in [0.2, 0.25) is 0 Å². The van der Waals surface area contributed by atoms with E-state index in [9.17, 15) is 13.2 Å². The van der Waals surface area contributed by atoms with Gasteiger partial charge in [-0.2, -0.15) is 18.3 Å². The Labute approximate surface area is 87.5 Å². The lowest BCUT2D eigenvalue weighted by molar-refractivity contribution is -0.141. The molecule has 0 fully saturated rings. The van der Waals surface area contributed by atoms with Crippen LogP contribution in [0.4, 0.5) is 13.2 Å². The van der Waals surface area contributed by atoms with Crippen molar-refractivity contribution < 1.29 is 13.2 Å². The second-order valence-corrected chi connectivity index (χ2v) is 3.29. The maximum absolute atomic E-state index is 12.4. The zero-order valence-electron chi connectivity index (χ0n) is 7.56. The van der Waals surface area contributed by atoms with E-state index in [1.807, 2.05) is 0 Å². The van der Waals surface area contributed by atoms with E-state index in [-0.39, 0.29) is 5.56 Å². The predicted molar refractivity (Wildman–Crippen MR) is 50.9 cm³/mol. The maximum atomic E-state index is 12.4. The Bertz CT molecular complexity index is 365. The summed E-state index contributed by atoms with van der Waals surface area (Å²) in [6, 6.07) is 0. The molecule has 0 amide bonds. The molecule has 0 radical (unpaired) electrons. The number of aryl methyl sites for hydroxylation is 1. The zero-order valence-corrected chi connectivity index (χ0v) is 9.15. The van der Waals surface area contributed by atoms with Crippen LogP contribution in [0.5, 0.6) is 0 Å². The molecule has 1 aromatic rings. The molecule has 1 rings (SSSR count). The van der Waals surface area contributed by atoms with Crippen molar-refractivity contribution in [3.8, 4) is 0 Å². The normalized spacial score (nSPS) is 12.7. The first-order valence-electron chi connectivity index (χ1n) is 3.75. The van der Waals surface area contributed by atoms with E-state index in [0.717, 1.165) is 0 Å². The Balaban J connectivity index is 3.37. The van der Waals surface area contributed by atoms with Crippen molar-refractivity contribution in [2.45, 2.75) is 13.1 Å². The molecule has 0 unspecified atom stereocenters. The van der Waals surface area contributed by atoms with E-state index >= 15 is 0 Å². The first-order valence-corrected chi connectivity index (χ1v) is 4.67. The molecule has 0 aliphatic rings. The van der Waals surface area contributed by atoms with E-state index in [2.05, 4.69) is 21.0 Å². The molecule has 1 aromatic heterocycles. The number of alkyl halides is 3. The van der Waals surface area contributed by atoms with Gasteiger partial charge in [-0.3, -0.25) is 4.68 Å². The Kier molecular flexibility index (Phi) is 3.04. The zero-order chi connectivity index (χ0) is 10.9. The summed E-state index contributed by atoms with van der Waals surface area (Å²) in [5, 5.41) is 3.42. The first-order chi connectivity index (χ1) is 6.38. The quantitative estimate of drug-likeness (QED) is 0.765. The Morgan fingerprint density at radius 2 is 2.00 bits per heavy atom. The smallest absolute Gasteiger partial charge is 0.272 e. The van der Waals surface area contributed by atoms with Gasteiger partial charge < -0.3 is 0 Å². The van der Waals surface area contributed by atoms with Crippen molar-refractivity contribution in [2.24, 2.45) is 7.05 Å². The van der Waals surface area contributed by atoms with E-state index in [0.29, 0.717) is 5.69 Å². The lowest BCUT2D eigenvalue weighted by Crippen LogP contribution is -2.08. The molecule has 1 heterocycles. The van der Waals surface area contributed by atoms with Gasteiger partial charge in [-0.25, -0.2) is 0 Å². The summed E-state index contributed by atoms with van der Waals surface area (Å²) in [7, 11) is 1.48. The summed E-state index contributed by atoms with van der Waals surface area (Å²) in [4.78, 5) is 1.38.